The summed E-state index contributed by atoms with van der Waals surface area (Å²) in [4.78, 5) is 20.6. The molecule has 0 aliphatic carbocycles. The predicted molar refractivity (Wildman–Crippen MR) is 98.1 cm³/mol. The van der Waals surface area contributed by atoms with Crippen molar-refractivity contribution in [2.45, 2.75) is 19.5 Å². The maximum atomic E-state index is 12.9. The van der Waals surface area contributed by atoms with Crippen LogP contribution in [0, 0.1) is 5.82 Å². The first-order chi connectivity index (χ1) is 12.6. The first-order valence-electron chi connectivity index (χ1n) is 8.28. The molecule has 0 aliphatic rings. The van der Waals surface area contributed by atoms with Crippen LogP contribution in [0.15, 0.2) is 67.0 Å². The third-order valence-corrected chi connectivity index (χ3v) is 3.93. The SMILES string of the molecule is CC(NC(=O)c1cnc(NCc2ccc(F)cc2)nc1)c1ccccc1. The van der Waals surface area contributed by atoms with E-state index in [1.807, 2.05) is 37.3 Å². The van der Waals surface area contributed by atoms with Crippen LogP contribution in [0.25, 0.3) is 0 Å². The average molecular weight is 350 g/mol. The zero-order valence-electron chi connectivity index (χ0n) is 14.3. The number of nitrogens with zero attached hydrogens (tertiary/aromatic N) is 2. The number of carbonyl (C=O) groups is 1. The number of hydrogen-bond acceptors (Lipinski definition) is 4. The number of rotatable bonds is 6. The van der Waals surface area contributed by atoms with Crippen molar-refractivity contribution in [1.82, 2.24) is 15.3 Å². The molecule has 5 nitrogen and oxygen atoms in total. The van der Waals surface area contributed by atoms with Gasteiger partial charge in [-0.05, 0) is 30.2 Å². The second-order valence-corrected chi connectivity index (χ2v) is 5.88. The molecular weight excluding hydrogens is 331 g/mol. The number of carbonyl (C=O) groups excluding carboxylic acids is 1. The Kier molecular flexibility index (Phi) is 5.53. The highest BCUT2D eigenvalue weighted by Gasteiger charge is 2.12. The molecule has 132 valence electrons. The van der Waals surface area contributed by atoms with Gasteiger partial charge < -0.3 is 10.6 Å². The second kappa shape index (κ2) is 8.20. The minimum Gasteiger partial charge on any atom is -0.350 e. The molecule has 0 radical (unpaired) electrons. The van der Waals surface area contributed by atoms with Gasteiger partial charge in [-0.15, -0.1) is 0 Å². The van der Waals surface area contributed by atoms with Crippen molar-refractivity contribution < 1.29 is 9.18 Å². The first kappa shape index (κ1) is 17.5. The summed E-state index contributed by atoms with van der Waals surface area (Å²) in [6.07, 6.45) is 2.96. The van der Waals surface area contributed by atoms with E-state index < -0.39 is 0 Å². The molecule has 1 amide bonds. The molecular formula is C20H19FN4O. The summed E-state index contributed by atoms with van der Waals surface area (Å²) in [7, 11) is 0. The van der Waals surface area contributed by atoms with Crippen molar-refractivity contribution in [2.75, 3.05) is 5.32 Å². The molecule has 3 rings (SSSR count). The molecule has 1 atom stereocenters. The molecule has 0 spiro atoms. The van der Waals surface area contributed by atoms with Gasteiger partial charge in [0.15, 0.2) is 0 Å². The predicted octanol–water partition coefficient (Wildman–Crippen LogP) is 3.72. The van der Waals surface area contributed by atoms with Crippen molar-refractivity contribution in [1.29, 1.82) is 0 Å². The van der Waals surface area contributed by atoms with Crippen LogP contribution in [0.2, 0.25) is 0 Å². The summed E-state index contributed by atoms with van der Waals surface area (Å²) in [5.41, 5.74) is 2.33. The van der Waals surface area contributed by atoms with E-state index in [0.29, 0.717) is 18.1 Å². The summed E-state index contributed by atoms with van der Waals surface area (Å²) >= 11 is 0. The molecule has 3 aromatic rings. The van der Waals surface area contributed by atoms with Gasteiger partial charge in [-0.3, -0.25) is 4.79 Å². The van der Waals surface area contributed by atoms with Crippen LogP contribution < -0.4 is 10.6 Å². The lowest BCUT2D eigenvalue weighted by molar-refractivity contribution is 0.0939. The van der Waals surface area contributed by atoms with E-state index >= 15 is 0 Å². The highest BCUT2D eigenvalue weighted by molar-refractivity contribution is 5.93. The number of amides is 1. The molecule has 0 bridgehead atoms. The van der Waals surface area contributed by atoms with Crippen LogP contribution in [-0.4, -0.2) is 15.9 Å². The molecule has 1 heterocycles. The highest BCUT2D eigenvalue weighted by atomic mass is 19.1. The molecule has 0 saturated heterocycles. The van der Waals surface area contributed by atoms with Gasteiger partial charge in [0.05, 0.1) is 11.6 Å². The lowest BCUT2D eigenvalue weighted by Gasteiger charge is -2.14. The van der Waals surface area contributed by atoms with Crippen molar-refractivity contribution in [3.8, 4) is 0 Å². The summed E-state index contributed by atoms with van der Waals surface area (Å²) in [5.74, 6) is -0.0986. The summed E-state index contributed by atoms with van der Waals surface area (Å²) in [6, 6.07) is 15.8. The van der Waals surface area contributed by atoms with Gasteiger partial charge in [0.2, 0.25) is 5.95 Å². The fourth-order valence-electron chi connectivity index (χ4n) is 2.42. The Morgan fingerprint density at radius 3 is 2.35 bits per heavy atom. The average Bonchev–Trinajstić information content (AvgIpc) is 2.68. The third-order valence-electron chi connectivity index (χ3n) is 3.93. The van der Waals surface area contributed by atoms with Gasteiger partial charge in [0.1, 0.15) is 5.82 Å². The number of aromatic nitrogens is 2. The smallest absolute Gasteiger partial charge is 0.254 e. The van der Waals surface area contributed by atoms with Crippen molar-refractivity contribution in [3.63, 3.8) is 0 Å². The van der Waals surface area contributed by atoms with E-state index in [1.54, 1.807) is 12.1 Å². The maximum absolute atomic E-state index is 12.9. The Morgan fingerprint density at radius 1 is 1.04 bits per heavy atom. The third kappa shape index (κ3) is 4.63. The van der Waals surface area contributed by atoms with Gasteiger partial charge in [-0.2, -0.15) is 0 Å². The molecule has 2 N–H and O–H groups in total. The molecule has 0 fully saturated rings. The summed E-state index contributed by atoms with van der Waals surface area (Å²) < 4.78 is 12.9. The van der Waals surface area contributed by atoms with Gasteiger partial charge in [-0.25, -0.2) is 14.4 Å². The molecule has 26 heavy (non-hydrogen) atoms. The standard InChI is InChI=1S/C20H19FN4O/c1-14(16-5-3-2-4-6-16)25-19(26)17-12-23-20(24-13-17)22-11-15-7-9-18(21)10-8-15/h2-10,12-14H,11H2,1H3,(H,25,26)(H,22,23,24). The highest BCUT2D eigenvalue weighted by Crippen LogP contribution is 2.12. The molecule has 2 aromatic carbocycles. The first-order valence-corrected chi connectivity index (χ1v) is 8.28. The van der Waals surface area contributed by atoms with Crippen molar-refractivity contribution in [2.24, 2.45) is 0 Å². The number of hydrogen-bond donors (Lipinski definition) is 2. The summed E-state index contributed by atoms with van der Waals surface area (Å²) in [6.45, 7) is 2.39. The van der Waals surface area contributed by atoms with Crippen molar-refractivity contribution in [3.05, 3.63) is 89.5 Å². The second-order valence-electron chi connectivity index (χ2n) is 5.88. The van der Waals surface area contributed by atoms with Gasteiger partial charge in [0, 0.05) is 18.9 Å². The van der Waals surface area contributed by atoms with Crippen molar-refractivity contribution >= 4 is 11.9 Å². The Hall–Kier alpha value is -3.28. The monoisotopic (exact) mass is 350 g/mol. The minimum atomic E-state index is -0.273. The van der Waals surface area contributed by atoms with Gasteiger partial charge >= 0.3 is 0 Å². The van der Waals surface area contributed by atoms with E-state index in [-0.39, 0.29) is 17.8 Å². The molecule has 0 saturated carbocycles. The fraction of sp³-hybridized carbons (Fsp3) is 0.150. The largest absolute Gasteiger partial charge is 0.350 e. The van der Waals surface area contributed by atoms with Crippen LogP contribution in [0.1, 0.15) is 34.5 Å². The van der Waals surface area contributed by atoms with Crippen LogP contribution in [-0.2, 0) is 6.54 Å². The lowest BCUT2D eigenvalue weighted by Crippen LogP contribution is -2.26. The van der Waals surface area contributed by atoms with E-state index in [4.69, 9.17) is 0 Å². The van der Waals surface area contributed by atoms with E-state index in [2.05, 4.69) is 20.6 Å². The van der Waals surface area contributed by atoms with Crippen LogP contribution in [0.4, 0.5) is 10.3 Å². The zero-order chi connectivity index (χ0) is 18.4. The minimum absolute atomic E-state index is 0.111. The molecule has 6 heteroatoms. The zero-order valence-corrected chi connectivity index (χ0v) is 14.3. The Morgan fingerprint density at radius 2 is 1.69 bits per heavy atom. The number of nitrogens with one attached hydrogen (secondary N) is 2. The molecule has 0 aliphatic heterocycles. The number of anilines is 1. The Bertz CT molecular complexity index is 851. The topological polar surface area (TPSA) is 66.9 Å². The summed E-state index contributed by atoms with van der Waals surface area (Å²) in [5, 5.41) is 5.96. The fourth-order valence-corrected chi connectivity index (χ4v) is 2.42. The van der Waals surface area contributed by atoms with Gasteiger partial charge in [0.25, 0.3) is 5.91 Å². The number of benzene rings is 2. The quantitative estimate of drug-likeness (QED) is 0.711. The Labute approximate surface area is 151 Å². The van der Waals surface area contributed by atoms with Crippen LogP contribution in [0.5, 0.6) is 0 Å². The van der Waals surface area contributed by atoms with Crippen LogP contribution in [0.3, 0.4) is 0 Å². The molecule has 1 aromatic heterocycles. The lowest BCUT2D eigenvalue weighted by atomic mass is 10.1. The maximum Gasteiger partial charge on any atom is 0.254 e. The van der Waals surface area contributed by atoms with E-state index in [0.717, 1.165) is 11.1 Å². The van der Waals surface area contributed by atoms with Crippen LogP contribution >= 0.6 is 0 Å². The molecule has 1 unspecified atom stereocenters. The normalized spacial score (nSPS) is 11.6. The number of halogens is 1. The van der Waals surface area contributed by atoms with E-state index in [9.17, 15) is 9.18 Å². The van der Waals surface area contributed by atoms with E-state index in [1.165, 1.54) is 24.5 Å². The Balaban J connectivity index is 1.56. The van der Waals surface area contributed by atoms with Gasteiger partial charge in [-0.1, -0.05) is 42.5 Å².